The summed E-state index contributed by atoms with van der Waals surface area (Å²) in [4.78, 5) is 15.7. The average Bonchev–Trinajstić information content (AvgIpc) is 3.05. The maximum absolute atomic E-state index is 10.9. The zero-order valence-corrected chi connectivity index (χ0v) is 14.7. The van der Waals surface area contributed by atoms with Crippen LogP contribution in [0, 0.1) is 6.92 Å². The van der Waals surface area contributed by atoms with Gasteiger partial charge in [-0.3, -0.25) is 4.79 Å². The highest BCUT2D eigenvalue weighted by Gasteiger charge is 2.07. The van der Waals surface area contributed by atoms with Gasteiger partial charge in [0.15, 0.2) is 0 Å². The number of amides is 1. The van der Waals surface area contributed by atoms with E-state index in [0.29, 0.717) is 6.54 Å². The second-order valence-electron chi connectivity index (χ2n) is 5.84. The summed E-state index contributed by atoms with van der Waals surface area (Å²) in [5, 5.41) is 5.96. The SMILES string of the molecule is CC(=O)NCCc1ccc(-c2csc(-c3cccc(C)c3)n2)cc1. The Morgan fingerprint density at radius 2 is 1.92 bits per heavy atom. The molecule has 0 fully saturated rings. The van der Waals surface area contributed by atoms with Crippen LogP contribution in [0.3, 0.4) is 0 Å². The molecule has 2 aromatic carbocycles. The number of aromatic nitrogens is 1. The summed E-state index contributed by atoms with van der Waals surface area (Å²) in [7, 11) is 0. The molecule has 3 aromatic rings. The Bertz CT molecular complexity index is 837. The van der Waals surface area contributed by atoms with Crippen LogP contribution in [-0.4, -0.2) is 17.4 Å². The Morgan fingerprint density at radius 1 is 1.12 bits per heavy atom. The number of carbonyl (C=O) groups excluding carboxylic acids is 1. The fourth-order valence-electron chi connectivity index (χ4n) is 2.54. The van der Waals surface area contributed by atoms with E-state index in [1.807, 2.05) is 0 Å². The van der Waals surface area contributed by atoms with Crippen molar-refractivity contribution in [3.05, 3.63) is 65.0 Å². The van der Waals surface area contributed by atoms with Gasteiger partial charge in [-0.2, -0.15) is 0 Å². The van der Waals surface area contributed by atoms with Crippen molar-refractivity contribution in [1.29, 1.82) is 0 Å². The van der Waals surface area contributed by atoms with Crippen LogP contribution in [0.25, 0.3) is 21.8 Å². The van der Waals surface area contributed by atoms with Gasteiger partial charge in [-0.05, 0) is 25.0 Å². The minimum Gasteiger partial charge on any atom is -0.356 e. The number of aryl methyl sites for hydroxylation is 1. The van der Waals surface area contributed by atoms with Gasteiger partial charge in [-0.15, -0.1) is 11.3 Å². The number of hydrogen-bond acceptors (Lipinski definition) is 3. The fraction of sp³-hybridized carbons (Fsp3) is 0.200. The van der Waals surface area contributed by atoms with Crippen LogP contribution in [-0.2, 0) is 11.2 Å². The summed E-state index contributed by atoms with van der Waals surface area (Å²) >= 11 is 1.67. The Balaban J connectivity index is 1.72. The first-order valence-electron chi connectivity index (χ1n) is 7.98. The fourth-order valence-corrected chi connectivity index (χ4v) is 3.37. The highest BCUT2D eigenvalue weighted by molar-refractivity contribution is 7.13. The third-order valence-electron chi connectivity index (χ3n) is 3.81. The number of carbonyl (C=O) groups is 1. The average molecular weight is 336 g/mol. The van der Waals surface area contributed by atoms with Crippen LogP contribution in [0.4, 0.5) is 0 Å². The number of nitrogens with zero attached hydrogens (tertiary/aromatic N) is 1. The number of rotatable bonds is 5. The zero-order valence-electron chi connectivity index (χ0n) is 13.9. The van der Waals surface area contributed by atoms with E-state index in [9.17, 15) is 4.79 Å². The van der Waals surface area contributed by atoms with Crippen LogP contribution < -0.4 is 5.32 Å². The quantitative estimate of drug-likeness (QED) is 0.747. The molecule has 0 saturated heterocycles. The molecule has 3 nitrogen and oxygen atoms in total. The van der Waals surface area contributed by atoms with Crippen molar-refractivity contribution in [1.82, 2.24) is 10.3 Å². The van der Waals surface area contributed by atoms with Crippen molar-refractivity contribution in [2.45, 2.75) is 20.3 Å². The van der Waals surface area contributed by atoms with Gasteiger partial charge < -0.3 is 5.32 Å². The Morgan fingerprint density at radius 3 is 2.62 bits per heavy atom. The standard InChI is InChI=1S/C20H20N2OS/c1-14-4-3-5-18(12-14)20-22-19(13-24-20)17-8-6-16(7-9-17)10-11-21-15(2)23/h3-9,12-13H,10-11H2,1-2H3,(H,21,23). The van der Waals surface area contributed by atoms with Gasteiger partial charge in [-0.25, -0.2) is 4.98 Å². The lowest BCUT2D eigenvalue weighted by Crippen LogP contribution is -2.22. The van der Waals surface area contributed by atoms with Crippen molar-refractivity contribution in [3.63, 3.8) is 0 Å². The lowest BCUT2D eigenvalue weighted by Gasteiger charge is -2.04. The molecule has 0 aliphatic rings. The first-order valence-corrected chi connectivity index (χ1v) is 8.86. The molecule has 0 bridgehead atoms. The predicted octanol–water partition coefficient (Wildman–Crippen LogP) is 4.46. The third-order valence-corrected chi connectivity index (χ3v) is 4.70. The molecule has 1 amide bonds. The summed E-state index contributed by atoms with van der Waals surface area (Å²) in [6.45, 7) is 4.30. The lowest BCUT2D eigenvalue weighted by molar-refractivity contribution is -0.118. The van der Waals surface area contributed by atoms with Gasteiger partial charge >= 0.3 is 0 Å². The largest absolute Gasteiger partial charge is 0.356 e. The highest BCUT2D eigenvalue weighted by Crippen LogP contribution is 2.29. The second kappa shape index (κ2) is 7.41. The molecule has 0 spiro atoms. The summed E-state index contributed by atoms with van der Waals surface area (Å²) in [5.41, 5.74) is 5.74. The first-order chi connectivity index (χ1) is 11.6. The second-order valence-corrected chi connectivity index (χ2v) is 6.70. The Labute approximate surface area is 146 Å². The van der Waals surface area contributed by atoms with E-state index in [4.69, 9.17) is 4.98 Å². The van der Waals surface area contributed by atoms with Crippen molar-refractivity contribution in [3.8, 4) is 21.8 Å². The van der Waals surface area contributed by atoms with Gasteiger partial charge in [0.1, 0.15) is 5.01 Å². The van der Waals surface area contributed by atoms with Crippen molar-refractivity contribution in [2.75, 3.05) is 6.54 Å². The van der Waals surface area contributed by atoms with Gasteiger partial charge in [0.25, 0.3) is 0 Å². The number of hydrogen-bond donors (Lipinski definition) is 1. The molecule has 122 valence electrons. The molecule has 24 heavy (non-hydrogen) atoms. The van der Waals surface area contributed by atoms with Crippen LogP contribution in [0.2, 0.25) is 0 Å². The number of nitrogens with one attached hydrogen (secondary N) is 1. The molecule has 0 aliphatic heterocycles. The van der Waals surface area contributed by atoms with Gasteiger partial charge in [0, 0.05) is 30.0 Å². The van der Waals surface area contributed by atoms with Crippen LogP contribution in [0.1, 0.15) is 18.1 Å². The monoisotopic (exact) mass is 336 g/mol. The molecule has 0 atom stereocenters. The lowest BCUT2D eigenvalue weighted by atomic mass is 10.1. The molecule has 1 N–H and O–H groups in total. The number of thiazole rings is 1. The van der Waals surface area contributed by atoms with E-state index in [0.717, 1.165) is 28.2 Å². The van der Waals surface area contributed by atoms with Crippen LogP contribution in [0.5, 0.6) is 0 Å². The van der Waals surface area contributed by atoms with Crippen molar-refractivity contribution < 1.29 is 4.79 Å². The van der Waals surface area contributed by atoms with Crippen LogP contribution >= 0.6 is 11.3 Å². The topological polar surface area (TPSA) is 42.0 Å². The summed E-state index contributed by atoms with van der Waals surface area (Å²) in [5.74, 6) is 0.0118. The molecule has 0 saturated carbocycles. The molecular weight excluding hydrogens is 316 g/mol. The van der Waals surface area contributed by atoms with E-state index < -0.39 is 0 Å². The van der Waals surface area contributed by atoms with E-state index >= 15 is 0 Å². The molecule has 3 rings (SSSR count). The summed E-state index contributed by atoms with van der Waals surface area (Å²) < 4.78 is 0. The molecule has 0 radical (unpaired) electrons. The molecule has 1 heterocycles. The van der Waals surface area contributed by atoms with Gasteiger partial charge in [0.05, 0.1) is 5.69 Å². The molecule has 0 aliphatic carbocycles. The van der Waals surface area contributed by atoms with Crippen molar-refractivity contribution >= 4 is 17.2 Å². The summed E-state index contributed by atoms with van der Waals surface area (Å²) in [6, 6.07) is 16.8. The van der Waals surface area contributed by atoms with E-state index in [1.165, 1.54) is 18.1 Å². The molecule has 1 aromatic heterocycles. The highest BCUT2D eigenvalue weighted by atomic mass is 32.1. The molecular formula is C20H20N2OS. The Kier molecular flexibility index (Phi) is 5.06. The maximum Gasteiger partial charge on any atom is 0.216 e. The minimum absolute atomic E-state index is 0.0118. The number of benzene rings is 2. The molecule has 4 heteroatoms. The van der Waals surface area contributed by atoms with Gasteiger partial charge in [-0.1, -0.05) is 48.0 Å². The predicted molar refractivity (Wildman–Crippen MR) is 100 cm³/mol. The normalized spacial score (nSPS) is 10.6. The maximum atomic E-state index is 10.9. The zero-order chi connectivity index (χ0) is 16.9. The Hall–Kier alpha value is -2.46. The first kappa shape index (κ1) is 16.4. The van der Waals surface area contributed by atoms with Crippen molar-refractivity contribution in [2.24, 2.45) is 0 Å². The van der Waals surface area contributed by atoms with E-state index in [2.05, 4.69) is 66.2 Å². The minimum atomic E-state index is 0.0118. The van der Waals surface area contributed by atoms with Crippen LogP contribution in [0.15, 0.2) is 53.9 Å². The molecule has 0 unspecified atom stereocenters. The van der Waals surface area contributed by atoms with Gasteiger partial charge in [0.2, 0.25) is 5.91 Å². The smallest absolute Gasteiger partial charge is 0.216 e. The third kappa shape index (κ3) is 4.09. The van der Waals surface area contributed by atoms with E-state index in [-0.39, 0.29) is 5.91 Å². The van der Waals surface area contributed by atoms with E-state index in [1.54, 1.807) is 11.3 Å². The summed E-state index contributed by atoms with van der Waals surface area (Å²) in [6.07, 6.45) is 0.839.